The molecule has 12 heteroatoms. The number of aliphatic hydroxyl groups excluding tert-OH is 2. The fourth-order valence-corrected chi connectivity index (χ4v) is 8.63. The molecule has 1 aliphatic rings. The SMILES string of the molecule is CC/C=C\C/C=C\C/C=C\C/C=C\C/C=C\CCCCCC(=O)OCC(COC1OC(C(=O)O)C(O)C(O)C1OC(=O)CCCCCCCCC/C=C\C/C=C\C/C=C\CC)OC(=O)CCCCCC/C=C\C/C=C\C/C=C\C/C=C\CC. The van der Waals surface area contributed by atoms with E-state index in [-0.39, 0.29) is 25.9 Å². The molecular formula is C71H110O12. The van der Waals surface area contributed by atoms with Crippen LogP contribution in [0.4, 0.5) is 0 Å². The van der Waals surface area contributed by atoms with Gasteiger partial charge in [-0.3, -0.25) is 14.4 Å². The van der Waals surface area contributed by atoms with Crippen molar-refractivity contribution in [2.75, 3.05) is 13.2 Å². The highest BCUT2D eigenvalue weighted by atomic mass is 16.7. The molecule has 0 aromatic rings. The average molecular weight is 1160 g/mol. The molecule has 1 aliphatic heterocycles. The van der Waals surface area contributed by atoms with Crippen LogP contribution in [0.15, 0.2) is 146 Å². The van der Waals surface area contributed by atoms with E-state index in [1.807, 2.05) is 0 Å². The standard InChI is InChI=1S/C71H110O12/c1-4-7-10-13-16-19-22-25-28-31-32-35-36-39-42-45-48-51-54-57-63(72)79-60-62(81-64(73)58-55-52-49-46-43-40-37-33-29-26-23-20-17-14-11-8-5-2)61-80-71-69(67(76)66(75)68(83-71)70(77)78)82-65(74)59-56-53-50-47-44-41-38-34-30-27-24-21-18-15-12-9-6-3/h7-12,16-21,25-30,32,35,37,39-40,42,62,66-69,71,75-76H,4-6,13-15,22-24,31,33-34,36,38,41,43-61H2,1-3H3,(H,77,78)/b10-7-,11-8-,12-9-,19-16-,20-17-,21-18-,28-25-,29-26-,30-27-,35-32-,40-37-,42-39-. The molecule has 1 heterocycles. The number of aliphatic hydroxyl groups is 2. The van der Waals surface area contributed by atoms with Crippen LogP contribution in [0.25, 0.3) is 0 Å². The average Bonchev–Trinajstić information content (AvgIpc) is 3.59. The van der Waals surface area contributed by atoms with Crippen LogP contribution < -0.4 is 0 Å². The second-order valence-electron chi connectivity index (χ2n) is 20.9. The van der Waals surface area contributed by atoms with Gasteiger partial charge in [-0.1, -0.05) is 218 Å². The maximum absolute atomic E-state index is 13.2. The fraction of sp³-hybridized carbons (Fsp3) is 0.606. The van der Waals surface area contributed by atoms with Crippen molar-refractivity contribution < 1.29 is 58.2 Å². The number of hydrogen-bond acceptors (Lipinski definition) is 11. The number of ether oxygens (including phenoxy) is 5. The molecule has 83 heavy (non-hydrogen) atoms. The highest BCUT2D eigenvalue weighted by molar-refractivity contribution is 5.74. The predicted molar refractivity (Wildman–Crippen MR) is 339 cm³/mol. The summed E-state index contributed by atoms with van der Waals surface area (Å²) in [6.45, 7) is 5.60. The monoisotopic (exact) mass is 1150 g/mol. The van der Waals surface area contributed by atoms with Crippen molar-refractivity contribution in [3.05, 3.63) is 146 Å². The van der Waals surface area contributed by atoms with Crippen molar-refractivity contribution in [3.63, 3.8) is 0 Å². The first-order valence-electron chi connectivity index (χ1n) is 31.8. The molecule has 0 saturated carbocycles. The number of aliphatic carboxylic acids is 1. The summed E-state index contributed by atoms with van der Waals surface area (Å²) in [6.07, 6.45) is 69.4. The molecule has 1 saturated heterocycles. The number of carbonyl (C=O) groups excluding carboxylic acids is 3. The molecule has 12 nitrogen and oxygen atoms in total. The fourth-order valence-electron chi connectivity index (χ4n) is 8.63. The molecule has 1 fully saturated rings. The molecule has 6 unspecified atom stereocenters. The third kappa shape index (κ3) is 46.6. The van der Waals surface area contributed by atoms with Crippen LogP contribution in [0, 0.1) is 0 Å². The van der Waals surface area contributed by atoms with Gasteiger partial charge in [-0.05, 0) is 135 Å². The molecule has 3 N–H and O–H groups in total. The highest BCUT2D eigenvalue weighted by Crippen LogP contribution is 2.26. The van der Waals surface area contributed by atoms with Crippen LogP contribution in [-0.2, 0) is 42.9 Å². The lowest BCUT2D eigenvalue weighted by molar-refractivity contribution is -0.301. The van der Waals surface area contributed by atoms with Gasteiger partial charge in [0, 0.05) is 19.3 Å². The minimum Gasteiger partial charge on any atom is -0.479 e. The smallest absolute Gasteiger partial charge is 0.335 e. The van der Waals surface area contributed by atoms with Crippen LogP contribution in [0.1, 0.15) is 226 Å². The number of carboxylic acids is 1. The van der Waals surface area contributed by atoms with Gasteiger partial charge in [-0.15, -0.1) is 0 Å². The summed E-state index contributed by atoms with van der Waals surface area (Å²) in [5.41, 5.74) is 0. The van der Waals surface area contributed by atoms with Crippen molar-refractivity contribution in [1.82, 2.24) is 0 Å². The third-order valence-electron chi connectivity index (χ3n) is 13.4. The molecular weight excluding hydrogens is 1040 g/mol. The van der Waals surface area contributed by atoms with Gasteiger partial charge in [0.25, 0.3) is 0 Å². The topological polar surface area (TPSA) is 175 Å². The summed E-state index contributed by atoms with van der Waals surface area (Å²) in [5, 5.41) is 31.6. The second kappa shape index (κ2) is 57.1. The van der Waals surface area contributed by atoms with Gasteiger partial charge in [0.1, 0.15) is 18.8 Å². The number of allylic oxidation sites excluding steroid dienone is 24. The zero-order valence-electron chi connectivity index (χ0n) is 51.4. The molecule has 1 rings (SSSR count). The lowest BCUT2D eigenvalue weighted by Crippen LogP contribution is -2.61. The number of carboxylic acid groups (broad SMARTS) is 1. The molecule has 0 aliphatic carbocycles. The van der Waals surface area contributed by atoms with Gasteiger partial charge in [-0.25, -0.2) is 4.79 Å². The lowest BCUT2D eigenvalue weighted by Gasteiger charge is -2.40. The summed E-state index contributed by atoms with van der Waals surface area (Å²) < 4.78 is 28.5. The van der Waals surface area contributed by atoms with E-state index >= 15 is 0 Å². The normalized spacial score (nSPS) is 18.6. The van der Waals surface area contributed by atoms with Gasteiger partial charge in [0.05, 0.1) is 6.61 Å². The van der Waals surface area contributed by atoms with Crippen molar-refractivity contribution in [1.29, 1.82) is 0 Å². The van der Waals surface area contributed by atoms with Crippen LogP contribution in [0.5, 0.6) is 0 Å². The molecule has 0 aromatic heterocycles. The van der Waals surface area contributed by atoms with E-state index in [4.69, 9.17) is 23.7 Å². The Bertz CT molecular complexity index is 2000. The van der Waals surface area contributed by atoms with Crippen LogP contribution >= 0.6 is 0 Å². The highest BCUT2D eigenvalue weighted by Gasteiger charge is 2.50. The number of rotatable bonds is 52. The third-order valence-corrected chi connectivity index (χ3v) is 13.4. The Labute approximate surface area is 502 Å². The summed E-state index contributed by atoms with van der Waals surface area (Å²) in [5.74, 6) is -3.23. The van der Waals surface area contributed by atoms with E-state index in [1.165, 1.54) is 0 Å². The lowest BCUT2D eigenvalue weighted by atomic mass is 9.98. The summed E-state index contributed by atoms with van der Waals surface area (Å²) >= 11 is 0. The van der Waals surface area contributed by atoms with E-state index < -0.39 is 67.3 Å². The molecule has 0 aromatic carbocycles. The number of unbranched alkanes of at least 4 members (excludes halogenated alkanes) is 14. The summed E-state index contributed by atoms with van der Waals surface area (Å²) in [4.78, 5) is 51.3. The summed E-state index contributed by atoms with van der Waals surface area (Å²) in [7, 11) is 0. The maximum atomic E-state index is 13.2. The molecule has 0 radical (unpaired) electrons. The Kier molecular flexibility index (Phi) is 52.0. The molecule has 6 atom stereocenters. The van der Waals surface area contributed by atoms with Gasteiger partial charge < -0.3 is 39.0 Å². The Morgan fingerprint density at radius 1 is 0.398 bits per heavy atom. The molecule has 0 bridgehead atoms. The maximum Gasteiger partial charge on any atom is 0.335 e. The second-order valence-corrected chi connectivity index (χ2v) is 20.9. The van der Waals surface area contributed by atoms with E-state index in [0.717, 1.165) is 167 Å². The zero-order valence-corrected chi connectivity index (χ0v) is 51.4. The van der Waals surface area contributed by atoms with E-state index in [0.29, 0.717) is 19.3 Å². The summed E-state index contributed by atoms with van der Waals surface area (Å²) in [6, 6.07) is 0. The van der Waals surface area contributed by atoms with Crippen LogP contribution in [0.2, 0.25) is 0 Å². The van der Waals surface area contributed by atoms with E-state index in [2.05, 4.69) is 167 Å². The molecule has 0 amide bonds. The first-order chi connectivity index (χ1) is 40.6. The zero-order chi connectivity index (χ0) is 60.3. The van der Waals surface area contributed by atoms with Crippen molar-refractivity contribution in [3.8, 4) is 0 Å². The van der Waals surface area contributed by atoms with Crippen LogP contribution in [-0.4, -0.2) is 89.2 Å². The Morgan fingerprint density at radius 2 is 0.723 bits per heavy atom. The first kappa shape index (κ1) is 75.6. The van der Waals surface area contributed by atoms with E-state index in [1.54, 1.807) is 0 Å². The predicted octanol–water partition coefficient (Wildman–Crippen LogP) is 17.1. The van der Waals surface area contributed by atoms with Crippen molar-refractivity contribution in [2.24, 2.45) is 0 Å². The van der Waals surface area contributed by atoms with Gasteiger partial charge in [0.15, 0.2) is 24.6 Å². The van der Waals surface area contributed by atoms with Crippen LogP contribution in [0.3, 0.4) is 0 Å². The van der Waals surface area contributed by atoms with Gasteiger partial charge in [-0.2, -0.15) is 0 Å². The van der Waals surface area contributed by atoms with Crippen molar-refractivity contribution >= 4 is 23.9 Å². The number of carbonyl (C=O) groups is 4. The number of esters is 3. The molecule has 0 spiro atoms. The van der Waals surface area contributed by atoms with Crippen molar-refractivity contribution in [2.45, 2.75) is 263 Å². The Balaban J connectivity index is 2.73. The Hall–Kier alpha value is -5.40. The largest absolute Gasteiger partial charge is 0.479 e. The first-order valence-corrected chi connectivity index (χ1v) is 31.8. The van der Waals surface area contributed by atoms with Gasteiger partial charge in [0.2, 0.25) is 0 Å². The van der Waals surface area contributed by atoms with Gasteiger partial charge >= 0.3 is 23.9 Å². The minimum atomic E-state index is -1.92. The Morgan fingerprint density at radius 3 is 1.11 bits per heavy atom. The quantitative estimate of drug-likeness (QED) is 0.0228. The number of hydrogen-bond donors (Lipinski definition) is 3. The minimum absolute atomic E-state index is 0.0343. The van der Waals surface area contributed by atoms with E-state index in [9.17, 15) is 34.5 Å². The molecule has 466 valence electrons.